The number of carbonyl (C=O) groups is 1. The molecule has 26 heavy (non-hydrogen) atoms. The SMILES string of the molecule is Nc1cc(-c2[nH]c3c(c2Nc2ccc(F)c(F)c2)C(=O)CCC3)ccn1. The molecular weight excluding hydrogens is 338 g/mol. The summed E-state index contributed by atoms with van der Waals surface area (Å²) < 4.78 is 26.8. The van der Waals surface area contributed by atoms with Gasteiger partial charge in [-0.05, 0) is 37.1 Å². The van der Waals surface area contributed by atoms with Crippen molar-refractivity contribution in [2.24, 2.45) is 0 Å². The van der Waals surface area contributed by atoms with Crippen LogP contribution in [0.25, 0.3) is 11.3 Å². The molecule has 4 N–H and O–H groups in total. The Morgan fingerprint density at radius 2 is 1.96 bits per heavy atom. The van der Waals surface area contributed by atoms with Gasteiger partial charge in [0.05, 0.1) is 16.9 Å². The van der Waals surface area contributed by atoms with Crippen molar-refractivity contribution >= 4 is 23.0 Å². The minimum absolute atomic E-state index is 0.0147. The van der Waals surface area contributed by atoms with E-state index in [4.69, 9.17) is 5.73 Å². The molecule has 3 aromatic rings. The number of carbonyl (C=O) groups excluding carboxylic acids is 1. The zero-order chi connectivity index (χ0) is 18.3. The van der Waals surface area contributed by atoms with E-state index in [0.29, 0.717) is 34.9 Å². The lowest BCUT2D eigenvalue weighted by molar-refractivity contribution is 0.0973. The van der Waals surface area contributed by atoms with Crippen LogP contribution in [0.5, 0.6) is 0 Å². The largest absolute Gasteiger partial charge is 0.384 e. The van der Waals surface area contributed by atoms with E-state index in [1.165, 1.54) is 6.07 Å². The van der Waals surface area contributed by atoms with E-state index in [0.717, 1.165) is 36.2 Å². The molecule has 0 radical (unpaired) electrons. The van der Waals surface area contributed by atoms with Crippen molar-refractivity contribution in [1.82, 2.24) is 9.97 Å². The number of hydrogen-bond acceptors (Lipinski definition) is 4. The van der Waals surface area contributed by atoms with Gasteiger partial charge in [0.1, 0.15) is 5.82 Å². The first-order valence-electron chi connectivity index (χ1n) is 8.25. The molecule has 0 fully saturated rings. The Bertz CT molecular complexity index is 1010. The van der Waals surface area contributed by atoms with E-state index in [1.54, 1.807) is 18.3 Å². The van der Waals surface area contributed by atoms with Gasteiger partial charge in [-0.1, -0.05) is 0 Å². The smallest absolute Gasteiger partial charge is 0.166 e. The van der Waals surface area contributed by atoms with Crippen molar-refractivity contribution in [2.45, 2.75) is 19.3 Å². The lowest BCUT2D eigenvalue weighted by Crippen LogP contribution is -2.10. The molecule has 2 aromatic heterocycles. The number of aromatic amines is 1. The summed E-state index contributed by atoms with van der Waals surface area (Å²) in [6.45, 7) is 0. The summed E-state index contributed by atoms with van der Waals surface area (Å²) in [5.41, 5.74) is 9.49. The molecule has 0 saturated heterocycles. The molecule has 0 spiro atoms. The van der Waals surface area contributed by atoms with E-state index in [-0.39, 0.29) is 5.78 Å². The van der Waals surface area contributed by atoms with Crippen molar-refractivity contribution in [2.75, 3.05) is 11.1 Å². The van der Waals surface area contributed by atoms with E-state index in [1.807, 2.05) is 0 Å². The van der Waals surface area contributed by atoms with Gasteiger partial charge in [0.25, 0.3) is 0 Å². The first kappa shape index (κ1) is 16.3. The molecule has 0 unspecified atom stereocenters. The van der Waals surface area contributed by atoms with E-state index in [9.17, 15) is 13.6 Å². The molecule has 1 aliphatic carbocycles. The molecule has 0 amide bonds. The van der Waals surface area contributed by atoms with E-state index >= 15 is 0 Å². The third-order valence-electron chi connectivity index (χ3n) is 4.45. The fourth-order valence-corrected chi connectivity index (χ4v) is 3.26. The van der Waals surface area contributed by atoms with Crippen LogP contribution in [0.15, 0.2) is 36.5 Å². The quantitative estimate of drug-likeness (QED) is 0.658. The van der Waals surface area contributed by atoms with Crippen LogP contribution in [0, 0.1) is 11.6 Å². The van der Waals surface area contributed by atoms with Gasteiger partial charge in [-0.2, -0.15) is 0 Å². The minimum Gasteiger partial charge on any atom is -0.384 e. The van der Waals surface area contributed by atoms with Crippen LogP contribution in [-0.4, -0.2) is 15.8 Å². The zero-order valence-corrected chi connectivity index (χ0v) is 13.8. The number of halogens is 2. The monoisotopic (exact) mass is 354 g/mol. The predicted octanol–water partition coefficient (Wildman–Crippen LogP) is 4.20. The molecular formula is C19H16F2N4O. The highest BCUT2D eigenvalue weighted by Gasteiger charge is 2.27. The highest BCUT2D eigenvalue weighted by Crippen LogP contribution is 2.39. The Balaban J connectivity index is 1.86. The van der Waals surface area contributed by atoms with Gasteiger partial charge in [0.2, 0.25) is 0 Å². The third-order valence-corrected chi connectivity index (χ3v) is 4.45. The summed E-state index contributed by atoms with van der Waals surface area (Å²) in [4.78, 5) is 19.8. The van der Waals surface area contributed by atoms with E-state index in [2.05, 4.69) is 15.3 Å². The predicted molar refractivity (Wildman–Crippen MR) is 95.3 cm³/mol. The van der Waals surface area contributed by atoms with Crippen LogP contribution in [0.2, 0.25) is 0 Å². The number of H-pyrrole nitrogens is 1. The van der Waals surface area contributed by atoms with E-state index < -0.39 is 11.6 Å². The highest BCUT2D eigenvalue weighted by molar-refractivity contribution is 6.07. The number of nitrogens with one attached hydrogen (secondary N) is 2. The Kier molecular flexibility index (Phi) is 3.91. The summed E-state index contributed by atoms with van der Waals surface area (Å²) in [6.07, 6.45) is 3.55. The van der Waals surface area contributed by atoms with Crippen molar-refractivity contribution in [3.05, 3.63) is 59.4 Å². The van der Waals surface area contributed by atoms with Gasteiger partial charge < -0.3 is 16.0 Å². The number of fused-ring (bicyclic) bond motifs is 1. The van der Waals surface area contributed by atoms with Crippen LogP contribution >= 0.6 is 0 Å². The molecule has 7 heteroatoms. The van der Waals surface area contributed by atoms with Crippen LogP contribution in [0.1, 0.15) is 28.9 Å². The lowest BCUT2D eigenvalue weighted by Gasteiger charge is -2.14. The summed E-state index contributed by atoms with van der Waals surface area (Å²) in [7, 11) is 0. The number of rotatable bonds is 3. The highest BCUT2D eigenvalue weighted by atomic mass is 19.2. The third kappa shape index (κ3) is 2.81. The molecule has 1 aliphatic rings. The number of Topliss-reactive ketones (excluding diaryl/α,β-unsaturated/α-hetero) is 1. The van der Waals surface area contributed by atoms with Gasteiger partial charge in [0.15, 0.2) is 17.4 Å². The lowest BCUT2D eigenvalue weighted by atomic mass is 9.95. The molecule has 5 nitrogen and oxygen atoms in total. The number of aryl methyl sites for hydroxylation is 1. The number of pyridine rings is 1. The summed E-state index contributed by atoms with van der Waals surface area (Å²) in [5, 5.41) is 3.08. The molecule has 2 heterocycles. The molecule has 1 aromatic carbocycles. The molecule has 4 rings (SSSR count). The molecule has 0 bridgehead atoms. The van der Waals surface area contributed by atoms with Crippen molar-refractivity contribution in [3.8, 4) is 11.3 Å². The van der Waals surface area contributed by atoms with Gasteiger partial charge >= 0.3 is 0 Å². The van der Waals surface area contributed by atoms with Gasteiger partial charge in [0, 0.05) is 35.6 Å². The maximum absolute atomic E-state index is 13.6. The normalized spacial score (nSPS) is 13.5. The second-order valence-electron chi connectivity index (χ2n) is 6.23. The number of nitrogens with two attached hydrogens (primary N) is 1. The first-order valence-corrected chi connectivity index (χ1v) is 8.25. The Morgan fingerprint density at radius 3 is 2.73 bits per heavy atom. The molecule has 0 aliphatic heterocycles. The van der Waals surface area contributed by atoms with Crippen molar-refractivity contribution < 1.29 is 13.6 Å². The summed E-state index contributed by atoms with van der Waals surface area (Å²) in [6, 6.07) is 7.00. The number of anilines is 3. The number of ketones is 1. The maximum Gasteiger partial charge on any atom is 0.166 e. The first-order chi connectivity index (χ1) is 12.5. The maximum atomic E-state index is 13.6. The summed E-state index contributed by atoms with van der Waals surface area (Å²) >= 11 is 0. The topological polar surface area (TPSA) is 83.8 Å². The average Bonchev–Trinajstić information content (AvgIpc) is 2.98. The number of nitrogen functional groups attached to an aromatic ring is 1. The molecule has 0 saturated carbocycles. The Morgan fingerprint density at radius 1 is 1.12 bits per heavy atom. The molecule has 132 valence electrons. The number of nitrogens with zero attached hydrogens (tertiary/aromatic N) is 1. The Hall–Kier alpha value is -3.22. The van der Waals surface area contributed by atoms with Crippen molar-refractivity contribution in [1.29, 1.82) is 0 Å². The van der Waals surface area contributed by atoms with Crippen LogP contribution in [0.3, 0.4) is 0 Å². The van der Waals surface area contributed by atoms with Gasteiger partial charge in [-0.15, -0.1) is 0 Å². The minimum atomic E-state index is -0.958. The second-order valence-corrected chi connectivity index (χ2v) is 6.23. The standard InChI is InChI=1S/C19H16F2N4O/c20-12-5-4-11(9-13(12)21)24-19-17-14(2-1-3-15(17)26)25-18(19)10-6-7-23-16(22)8-10/h4-9,24-25H,1-3H2,(H2,22,23). The van der Waals surface area contributed by atoms with Crippen molar-refractivity contribution in [3.63, 3.8) is 0 Å². The number of benzene rings is 1. The average molecular weight is 354 g/mol. The van der Waals surface area contributed by atoms with Crippen LogP contribution < -0.4 is 11.1 Å². The number of hydrogen-bond donors (Lipinski definition) is 3. The molecule has 0 atom stereocenters. The fourth-order valence-electron chi connectivity index (χ4n) is 3.26. The van der Waals surface area contributed by atoms with Gasteiger partial charge in [-0.25, -0.2) is 13.8 Å². The Labute approximate surface area is 148 Å². The van der Waals surface area contributed by atoms with Crippen LogP contribution in [0.4, 0.5) is 26.0 Å². The van der Waals surface area contributed by atoms with Crippen LogP contribution in [-0.2, 0) is 6.42 Å². The fraction of sp³-hybridized carbons (Fsp3) is 0.158. The van der Waals surface area contributed by atoms with Gasteiger partial charge in [-0.3, -0.25) is 4.79 Å². The number of aromatic nitrogens is 2. The zero-order valence-electron chi connectivity index (χ0n) is 13.8. The second kappa shape index (κ2) is 6.25. The summed E-state index contributed by atoms with van der Waals surface area (Å²) in [5.74, 6) is -1.52.